The number of rotatable bonds is 5. The Hall–Kier alpha value is -3.09. The van der Waals surface area contributed by atoms with E-state index in [2.05, 4.69) is 15.2 Å². The molecular weight excluding hydrogens is 342 g/mol. The van der Waals surface area contributed by atoms with Gasteiger partial charge in [-0.15, -0.1) is 10.2 Å². The van der Waals surface area contributed by atoms with Gasteiger partial charge in [-0.1, -0.05) is 18.2 Å². The number of para-hydroxylation sites is 1. The Morgan fingerprint density at radius 3 is 2.89 bits per heavy atom. The van der Waals surface area contributed by atoms with Gasteiger partial charge in [0, 0.05) is 50.2 Å². The third-order valence-electron chi connectivity index (χ3n) is 4.89. The minimum absolute atomic E-state index is 0.0450. The lowest BCUT2D eigenvalue weighted by molar-refractivity contribution is -0.129. The van der Waals surface area contributed by atoms with Crippen LogP contribution >= 0.6 is 0 Å². The van der Waals surface area contributed by atoms with Crippen molar-refractivity contribution in [2.45, 2.75) is 18.9 Å². The molecule has 1 N–H and O–H groups in total. The summed E-state index contributed by atoms with van der Waals surface area (Å²) >= 11 is 0. The predicted octanol–water partition coefficient (Wildman–Crippen LogP) is 2.25. The topological polar surface area (TPSA) is 74.3 Å². The molecule has 1 amide bonds. The second-order valence-electron chi connectivity index (χ2n) is 7.03. The SMILES string of the molecule is CN(C)c1ccc(OC2CCN(C(=O)Cc3c[nH]c4ccccc34)C2)nn1. The second-order valence-corrected chi connectivity index (χ2v) is 7.03. The predicted molar refractivity (Wildman–Crippen MR) is 104 cm³/mol. The van der Waals surface area contributed by atoms with Crippen molar-refractivity contribution >= 4 is 22.6 Å². The number of aromatic nitrogens is 3. The fourth-order valence-corrected chi connectivity index (χ4v) is 3.39. The molecule has 4 rings (SSSR count). The number of fused-ring (bicyclic) bond motifs is 1. The third kappa shape index (κ3) is 3.72. The zero-order chi connectivity index (χ0) is 18.8. The Labute approximate surface area is 157 Å². The highest BCUT2D eigenvalue weighted by atomic mass is 16.5. The zero-order valence-electron chi connectivity index (χ0n) is 15.6. The number of anilines is 1. The van der Waals surface area contributed by atoms with Crippen LogP contribution in [0, 0.1) is 0 Å². The molecule has 1 fully saturated rings. The molecule has 1 unspecified atom stereocenters. The molecule has 7 nitrogen and oxygen atoms in total. The highest BCUT2D eigenvalue weighted by Crippen LogP contribution is 2.21. The van der Waals surface area contributed by atoms with Crippen molar-refractivity contribution < 1.29 is 9.53 Å². The van der Waals surface area contributed by atoms with Gasteiger partial charge in [-0.25, -0.2) is 0 Å². The van der Waals surface area contributed by atoms with Gasteiger partial charge in [0.2, 0.25) is 11.8 Å². The van der Waals surface area contributed by atoms with Crippen LogP contribution in [0.5, 0.6) is 5.88 Å². The molecule has 1 aliphatic rings. The van der Waals surface area contributed by atoms with Gasteiger partial charge in [-0.2, -0.15) is 0 Å². The van der Waals surface area contributed by atoms with E-state index in [-0.39, 0.29) is 12.0 Å². The first-order chi connectivity index (χ1) is 13.1. The van der Waals surface area contributed by atoms with E-state index in [0.717, 1.165) is 28.7 Å². The van der Waals surface area contributed by atoms with Crippen molar-refractivity contribution in [3.8, 4) is 5.88 Å². The van der Waals surface area contributed by atoms with Crippen molar-refractivity contribution in [3.63, 3.8) is 0 Å². The molecule has 1 saturated heterocycles. The Bertz CT molecular complexity index is 935. The number of carbonyl (C=O) groups excluding carboxylic acids is 1. The minimum Gasteiger partial charge on any atom is -0.471 e. The maximum atomic E-state index is 12.7. The first kappa shape index (κ1) is 17.3. The van der Waals surface area contributed by atoms with Crippen molar-refractivity contribution in [1.29, 1.82) is 0 Å². The molecule has 0 radical (unpaired) electrons. The number of nitrogens with zero attached hydrogens (tertiary/aromatic N) is 4. The van der Waals surface area contributed by atoms with Gasteiger partial charge in [0.25, 0.3) is 0 Å². The quantitative estimate of drug-likeness (QED) is 0.751. The van der Waals surface area contributed by atoms with Gasteiger partial charge in [0.15, 0.2) is 5.82 Å². The van der Waals surface area contributed by atoms with Crippen molar-refractivity contribution in [1.82, 2.24) is 20.1 Å². The molecule has 1 aliphatic heterocycles. The van der Waals surface area contributed by atoms with Crippen LogP contribution in [0.2, 0.25) is 0 Å². The number of hydrogen-bond acceptors (Lipinski definition) is 5. The maximum Gasteiger partial charge on any atom is 0.233 e. The maximum absolute atomic E-state index is 12.7. The van der Waals surface area contributed by atoms with E-state index in [9.17, 15) is 4.79 Å². The first-order valence-electron chi connectivity index (χ1n) is 9.10. The number of ether oxygens (including phenoxy) is 1. The number of benzene rings is 1. The lowest BCUT2D eigenvalue weighted by atomic mass is 10.1. The van der Waals surface area contributed by atoms with Crippen molar-refractivity contribution in [2.24, 2.45) is 0 Å². The number of H-pyrrole nitrogens is 1. The molecule has 1 aromatic carbocycles. The average molecular weight is 365 g/mol. The Morgan fingerprint density at radius 1 is 1.26 bits per heavy atom. The van der Waals surface area contributed by atoms with Crippen LogP contribution in [0.1, 0.15) is 12.0 Å². The smallest absolute Gasteiger partial charge is 0.233 e. The largest absolute Gasteiger partial charge is 0.471 e. The lowest BCUT2D eigenvalue weighted by Crippen LogP contribution is -2.32. The number of hydrogen-bond donors (Lipinski definition) is 1. The summed E-state index contributed by atoms with van der Waals surface area (Å²) in [6.07, 6.45) is 3.08. The van der Waals surface area contributed by atoms with Gasteiger partial charge in [0.05, 0.1) is 13.0 Å². The fraction of sp³-hybridized carbons (Fsp3) is 0.350. The van der Waals surface area contributed by atoms with E-state index in [1.54, 1.807) is 0 Å². The molecule has 0 bridgehead atoms. The molecule has 3 heterocycles. The van der Waals surface area contributed by atoms with E-state index < -0.39 is 0 Å². The fourth-order valence-electron chi connectivity index (χ4n) is 3.39. The Balaban J connectivity index is 1.35. The van der Waals surface area contributed by atoms with Crippen LogP contribution in [-0.2, 0) is 11.2 Å². The number of amides is 1. The van der Waals surface area contributed by atoms with E-state index in [1.165, 1.54) is 0 Å². The molecule has 0 saturated carbocycles. The number of aromatic amines is 1. The summed E-state index contributed by atoms with van der Waals surface area (Å²) in [7, 11) is 3.83. The average Bonchev–Trinajstić information content (AvgIpc) is 3.30. The summed E-state index contributed by atoms with van der Waals surface area (Å²) < 4.78 is 5.90. The van der Waals surface area contributed by atoms with Gasteiger partial charge < -0.3 is 19.5 Å². The van der Waals surface area contributed by atoms with E-state index in [1.807, 2.05) is 66.5 Å². The van der Waals surface area contributed by atoms with Crippen LogP contribution < -0.4 is 9.64 Å². The molecule has 1 atom stereocenters. The molecular formula is C20H23N5O2. The number of nitrogens with one attached hydrogen (secondary N) is 1. The summed E-state index contributed by atoms with van der Waals surface area (Å²) in [4.78, 5) is 19.7. The second kappa shape index (κ2) is 7.26. The van der Waals surface area contributed by atoms with Crippen LogP contribution in [0.3, 0.4) is 0 Å². The van der Waals surface area contributed by atoms with Crippen LogP contribution in [0.4, 0.5) is 5.82 Å². The van der Waals surface area contributed by atoms with Crippen molar-refractivity contribution in [3.05, 3.63) is 48.2 Å². The Morgan fingerprint density at radius 2 is 2.11 bits per heavy atom. The summed E-state index contributed by atoms with van der Waals surface area (Å²) in [6, 6.07) is 11.7. The standard InChI is InChI=1S/C20H23N5O2/c1-24(2)18-7-8-19(23-22-18)27-15-9-10-25(13-15)20(26)11-14-12-21-17-6-4-3-5-16(14)17/h3-8,12,15,21H,9-11,13H2,1-2H3. The van der Waals surface area contributed by atoms with Gasteiger partial charge in [0.1, 0.15) is 6.10 Å². The Kier molecular flexibility index (Phi) is 4.66. The summed E-state index contributed by atoms with van der Waals surface area (Å²) in [5.41, 5.74) is 2.09. The lowest BCUT2D eigenvalue weighted by Gasteiger charge is -2.17. The molecule has 0 aliphatic carbocycles. The van der Waals surface area contributed by atoms with E-state index in [4.69, 9.17) is 4.74 Å². The monoisotopic (exact) mass is 365 g/mol. The zero-order valence-corrected chi connectivity index (χ0v) is 15.6. The summed E-state index contributed by atoms with van der Waals surface area (Å²) in [5.74, 6) is 1.40. The number of carbonyl (C=O) groups is 1. The molecule has 3 aromatic rings. The molecule has 2 aromatic heterocycles. The molecule has 140 valence electrons. The highest BCUT2D eigenvalue weighted by molar-refractivity contribution is 5.89. The van der Waals surface area contributed by atoms with Crippen LogP contribution in [-0.4, -0.2) is 59.3 Å². The number of likely N-dealkylation sites (tertiary alicyclic amines) is 1. The summed E-state index contributed by atoms with van der Waals surface area (Å²) in [5, 5.41) is 9.33. The highest BCUT2D eigenvalue weighted by Gasteiger charge is 2.28. The van der Waals surface area contributed by atoms with Crippen molar-refractivity contribution in [2.75, 3.05) is 32.1 Å². The van der Waals surface area contributed by atoms with E-state index >= 15 is 0 Å². The third-order valence-corrected chi connectivity index (χ3v) is 4.89. The van der Waals surface area contributed by atoms with Crippen LogP contribution in [0.25, 0.3) is 10.9 Å². The molecule has 27 heavy (non-hydrogen) atoms. The normalized spacial score (nSPS) is 16.7. The van der Waals surface area contributed by atoms with Gasteiger partial charge in [-0.05, 0) is 17.7 Å². The minimum atomic E-state index is -0.0450. The summed E-state index contributed by atoms with van der Waals surface area (Å²) in [6.45, 7) is 1.29. The van der Waals surface area contributed by atoms with E-state index in [0.29, 0.717) is 25.4 Å². The van der Waals surface area contributed by atoms with Gasteiger partial charge in [-0.3, -0.25) is 4.79 Å². The molecule has 7 heteroatoms. The van der Waals surface area contributed by atoms with Crippen LogP contribution in [0.15, 0.2) is 42.6 Å². The van der Waals surface area contributed by atoms with Gasteiger partial charge >= 0.3 is 0 Å². The molecule has 0 spiro atoms. The first-order valence-corrected chi connectivity index (χ1v) is 9.10.